The van der Waals surface area contributed by atoms with E-state index in [4.69, 9.17) is 17.3 Å². The molecule has 5 heteroatoms. The third-order valence-electron chi connectivity index (χ3n) is 3.19. The molecule has 1 heterocycles. The largest absolute Gasteiger partial charge is 0.329 e. The number of hydrogen-bond acceptors (Lipinski definition) is 2. The summed E-state index contributed by atoms with van der Waals surface area (Å²) >= 11 is 5.80. The summed E-state index contributed by atoms with van der Waals surface area (Å²) in [6.45, 7) is 4.86. The lowest BCUT2D eigenvalue weighted by Crippen LogP contribution is -2.17. The molecule has 1 aromatic heterocycles. The van der Waals surface area contributed by atoms with Crippen LogP contribution >= 0.6 is 11.6 Å². The van der Waals surface area contributed by atoms with Crippen LogP contribution in [0.15, 0.2) is 30.7 Å². The Kier molecular flexibility index (Phi) is 4.78. The van der Waals surface area contributed by atoms with Crippen LogP contribution in [-0.2, 0) is 6.54 Å². The van der Waals surface area contributed by atoms with Gasteiger partial charge in [0.15, 0.2) is 0 Å². The zero-order valence-electron chi connectivity index (χ0n) is 11.7. The van der Waals surface area contributed by atoms with Gasteiger partial charge in [0.05, 0.1) is 17.0 Å². The zero-order valence-corrected chi connectivity index (χ0v) is 12.4. The van der Waals surface area contributed by atoms with E-state index in [1.54, 1.807) is 24.7 Å². The van der Waals surface area contributed by atoms with E-state index in [9.17, 15) is 4.39 Å². The van der Waals surface area contributed by atoms with E-state index < -0.39 is 5.82 Å². The molecule has 2 aromatic rings. The van der Waals surface area contributed by atoms with Gasteiger partial charge in [0.25, 0.3) is 0 Å². The molecular weight excluding hydrogens is 277 g/mol. The minimum absolute atomic E-state index is 0.0478. The summed E-state index contributed by atoms with van der Waals surface area (Å²) in [6, 6.07) is 4.68. The topological polar surface area (TPSA) is 43.8 Å². The van der Waals surface area contributed by atoms with Crippen LogP contribution in [0.1, 0.15) is 37.6 Å². The van der Waals surface area contributed by atoms with Gasteiger partial charge in [-0.05, 0) is 30.0 Å². The highest BCUT2D eigenvalue weighted by atomic mass is 35.5. The molecule has 1 aromatic carbocycles. The molecule has 20 heavy (non-hydrogen) atoms. The highest BCUT2D eigenvalue weighted by Crippen LogP contribution is 2.21. The molecule has 0 bridgehead atoms. The van der Waals surface area contributed by atoms with Crippen LogP contribution in [0.4, 0.5) is 4.39 Å². The van der Waals surface area contributed by atoms with Gasteiger partial charge in [-0.25, -0.2) is 9.37 Å². The van der Waals surface area contributed by atoms with Gasteiger partial charge in [-0.15, -0.1) is 0 Å². The van der Waals surface area contributed by atoms with Gasteiger partial charge in [-0.2, -0.15) is 0 Å². The molecule has 0 aliphatic rings. The molecule has 0 fully saturated rings. The minimum atomic E-state index is -0.405. The van der Waals surface area contributed by atoms with Gasteiger partial charge in [0, 0.05) is 18.8 Å². The number of benzene rings is 1. The smallest absolute Gasteiger partial charge is 0.141 e. The summed E-state index contributed by atoms with van der Waals surface area (Å²) in [7, 11) is 0. The average molecular weight is 296 g/mol. The second-order valence-corrected chi connectivity index (χ2v) is 5.84. The fraction of sp³-hybridized carbons (Fsp3) is 0.400. The van der Waals surface area contributed by atoms with Crippen LogP contribution in [0, 0.1) is 11.7 Å². The molecule has 0 amide bonds. The lowest BCUT2D eigenvalue weighted by atomic mass is 10.0. The normalized spacial score (nSPS) is 12.9. The Hall–Kier alpha value is -1.39. The van der Waals surface area contributed by atoms with Crippen molar-refractivity contribution in [2.75, 3.05) is 0 Å². The maximum Gasteiger partial charge on any atom is 0.141 e. The molecule has 2 rings (SSSR count). The van der Waals surface area contributed by atoms with Gasteiger partial charge in [0.1, 0.15) is 5.82 Å². The van der Waals surface area contributed by atoms with Crippen LogP contribution in [0.2, 0.25) is 5.02 Å². The Balaban J connectivity index is 2.17. The van der Waals surface area contributed by atoms with Crippen molar-refractivity contribution in [2.24, 2.45) is 11.7 Å². The first-order chi connectivity index (χ1) is 9.47. The molecule has 0 radical (unpaired) electrons. The Morgan fingerprint density at radius 2 is 2.15 bits per heavy atom. The fourth-order valence-electron chi connectivity index (χ4n) is 2.24. The van der Waals surface area contributed by atoms with E-state index >= 15 is 0 Å². The van der Waals surface area contributed by atoms with Crippen molar-refractivity contribution >= 4 is 11.6 Å². The highest BCUT2D eigenvalue weighted by Gasteiger charge is 2.13. The predicted molar refractivity (Wildman–Crippen MR) is 79.1 cm³/mol. The number of rotatable bonds is 5. The van der Waals surface area contributed by atoms with Gasteiger partial charge < -0.3 is 10.3 Å². The standard InChI is InChI=1S/C15H19ClFN3/c1-10(2)5-14(18)15-7-19-9-20(15)8-11-3-4-13(17)12(16)6-11/h3-4,6-7,9-10,14H,5,8,18H2,1-2H3. The van der Waals surface area contributed by atoms with Crippen LogP contribution in [0.5, 0.6) is 0 Å². The zero-order chi connectivity index (χ0) is 14.7. The minimum Gasteiger partial charge on any atom is -0.329 e. The summed E-state index contributed by atoms with van der Waals surface area (Å²) in [5.41, 5.74) is 8.11. The molecule has 0 aliphatic heterocycles. The quantitative estimate of drug-likeness (QED) is 0.912. The second kappa shape index (κ2) is 6.37. The second-order valence-electron chi connectivity index (χ2n) is 5.43. The van der Waals surface area contributed by atoms with E-state index in [1.165, 1.54) is 6.07 Å². The van der Waals surface area contributed by atoms with Gasteiger partial charge in [0.2, 0.25) is 0 Å². The van der Waals surface area contributed by atoms with Crippen molar-refractivity contribution in [3.63, 3.8) is 0 Å². The van der Waals surface area contributed by atoms with E-state index in [-0.39, 0.29) is 11.1 Å². The Bertz CT molecular complexity index is 580. The van der Waals surface area contributed by atoms with Crippen molar-refractivity contribution in [3.05, 3.63) is 52.8 Å². The fourth-order valence-corrected chi connectivity index (χ4v) is 2.44. The van der Waals surface area contributed by atoms with E-state index in [2.05, 4.69) is 18.8 Å². The summed E-state index contributed by atoms with van der Waals surface area (Å²) < 4.78 is 15.1. The molecule has 3 nitrogen and oxygen atoms in total. The number of hydrogen-bond donors (Lipinski definition) is 1. The Labute approximate surface area is 123 Å². The number of imidazole rings is 1. The summed E-state index contributed by atoms with van der Waals surface area (Å²) in [4.78, 5) is 4.16. The van der Waals surface area contributed by atoms with Crippen LogP contribution < -0.4 is 5.73 Å². The van der Waals surface area contributed by atoms with Crippen molar-refractivity contribution in [3.8, 4) is 0 Å². The summed E-state index contributed by atoms with van der Waals surface area (Å²) in [6.07, 6.45) is 4.43. The molecule has 108 valence electrons. The SMILES string of the molecule is CC(C)CC(N)c1cncn1Cc1ccc(F)c(Cl)c1. The number of nitrogens with zero attached hydrogens (tertiary/aromatic N) is 2. The van der Waals surface area contributed by atoms with Crippen LogP contribution in [-0.4, -0.2) is 9.55 Å². The van der Waals surface area contributed by atoms with Crippen molar-refractivity contribution in [1.82, 2.24) is 9.55 Å². The molecule has 0 spiro atoms. The molecule has 0 saturated carbocycles. The lowest BCUT2D eigenvalue weighted by molar-refractivity contribution is 0.488. The number of halogens is 2. The molecular formula is C15H19ClFN3. The van der Waals surface area contributed by atoms with Gasteiger partial charge in [-0.1, -0.05) is 31.5 Å². The first-order valence-electron chi connectivity index (χ1n) is 6.67. The van der Waals surface area contributed by atoms with Crippen molar-refractivity contribution in [2.45, 2.75) is 32.9 Å². The van der Waals surface area contributed by atoms with E-state index in [0.717, 1.165) is 17.7 Å². The number of nitrogens with two attached hydrogens (primary N) is 1. The van der Waals surface area contributed by atoms with Crippen molar-refractivity contribution < 1.29 is 4.39 Å². The third kappa shape index (κ3) is 3.58. The van der Waals surface area contributed by atoms with Gasteiger partial charge >= 0.3 is 0 Å². The van der Waals surface area contributed by atoms with E-state index in [0.29, 0.717) is 12.5 Å². The van der Waals surface area contributed by atoms with E-state index in [1.807, 2.05) is 4.57 Å². The van der Waals surface area contributed by atoms with Crippen LogP contribution in [0.3, 0.4) is 0 Å². The molecule has 0 aliphatic carbocycles. The monoisotopic (exact) mass is 295 g/mol. The summed E-state index contributed by atoms with van der Waals surface area (Å²) in [5.74, 6) is 0.117. The summed E-state index contributed by atoms with van der Waals surface area (Å²) in [5, 5.41) is 0.135. The first-order valence-corrected chi connectivity index (χ1v) is 7.04. The molecule has 1 atom stereocenters. The molecule has 2 N–H and O–H groups in total. The number of aromatic nitrogens is 2. The van der Waals surface area contributed by atoms with Crippen molar-refractivity contribution in [1.29, 1.82) is 0 Å². The Morgan fingerprint density at radius 1 is 1.40 bits per heavy atom. The third-order valence-corrected chi connectivity index (χ3v) is 3.48. The predicted octanol–water partition coefficient (Wildman–Crippen LogP) is 3.77. The molecule has 1 unspecified atom stereocenters. The lowest BCUT2D eigenvalue weighted by Gasteiger charge is -2.16. The average Bonchev–Trinajstić information content (AvgIpc) is 2.81. The first kappa shape index (κ1) is 15.0. The maximum atomic E-state index is 13.2. The highest BCUT2D eigenvalue weighted by molar-refractivity contribution is 6.30. The van der Waals surface area contributed by atoms with Crippen LogP contribution in [0.25, 0.3) is 0 Å². The molecule has 0 saturated heterocycles. The van der Waals surface area contributed by atoms with Gasteiger partial charge in [-0.3, -0.25) is 0 Å². The Morgan fingerprint density at radius 3 is 2.80 bits per heavy atom. The maximum absolute atomic E-state index is 13.2.